The van der Waals surface area contributed by atoms with Crippen molar-refractivity contribution in [2.45, 2.75) is 12.2 Å². The molecule has 2 atom stereocenters. The van der Waals surface area contributed by atoms with Crippen LogP contribution in [-0.2, 0) is 0 Å². The Morgan fingerprint density at radius 1 is 0.358 bits per heavy atom. The minimum absolute atomic E-state index is 0.0822. The molecule has 0 amide bonds. The highest BCUT2D eigenvalue weighted by atomic mass is 15.2. The van der Waals surface area contributed by atoms with E-state index in [0.717, 1.165) is 28.3 Å². The molecule has 2 N–H and O–H groups in total. The van der Waals surface area contributed by atoms with Crippen molar-refractivity contribution in [2.24, 2.45) is 0 Å². The Balaban J connectivity index is 0.970. The molecule has 5 nitrogen and oxygen atoms in total. The van der Waals surface area contributed by atoms with Gasteiger partial charge in [-0.2, -0.15) is 0 Å². The maximum absolute atomic E-state index is 3.89. The first-order valence-electron chi connectivity index (χ1n) is 23.2. The minimum atomic E-state index is -0.0822. The fourth-order valence-electron chi connectivity index (χ4n) is 11.1. The molecule has 9 aromatic carbocycles. The quantitative estimate of drug-likeness (QED) is 0.175. The fourth-order valence-corrected chi connectivity index (χ4v) is 11.1. The Bertz CT molecular complexity index is 4020. The third-order valence-corrected chi connectivity index (χ3v) is 14.1. The molecule has 0 fully saturated rings. The van der Waals surface area contributed by atoms with E-state index in [2.05, 4.69) is 261 Å². The van der Waals surface area contributed by atoms with E-state index in [1.165, 1.54) is 87.7 Å². The zero-order valence-corrected chi connectivity index (χ0v) is 36.5. The van der Waals surface area contributed by atoms with Gasteiger partial charge in [-0.1, -0.05) is 164 Å². The molecule has 1 aliphatic carbocycles. The van der Waals surface area contributed by atoms with Crippen LogP contribution in [0, 0.1) is 0 Å². The molecule has 0 bridgehead atoms. The molecule has 0 spiro atoms. The molecule has 12 aromatic rings. The van der Waals surface area contributed by atoms with Crippen molar-refractivity contribution >= 4 is 71.1 Å². The summed E-state index contributed by atoms with van der Waals surface area (Å²) in [4.78, 5) is 0. The van der Waals surface area contributed by atoms with Gasteiger partial charge in [-0.05, 0) is 101 Å². The molecule has 14 rings (SSSR count). The number of benzene rings is 9. The lowest BCUT2D eigenvalue weighted by Gasteiger charge is -2.36. The number of aromatic nitrogens is 3. The van der Waals surface area contributed by atoms with E-state index in [9.17, 15) is 0 Å². The van der Waals surface area contributed by atoms with Gasteiger partial charge in [0.05, 0.1) is 39.1 Å². The van der Waals surface area contributed by atoms with Crippen molar-refractivity contribution in [3.63, 3.8) is 0 Å². The number of para-hydroxylation sites is 4. The Hall–Kier alpha value is -8.64. The van der Waals surface area contributed by atoms with Crippen LogP contribution < -0.4 is 10.6 Å². The SMILES string of the molecule is C1=CC2=C(c3ccccc3)NC(c3ccc(-n4c5ccc(-c6ccc7c(c6)c6ccccc6n7-c6ccccc6)cc5c5ccc6c7ccccc7n(-c7ccccc7)c6c54)cc3)NC2C=C1. The number of allylic oxidation sites excluding steroid dienone is 2. The van der Waals surface area contributed by atoms with Crippen LogP contribution in [0.15, 0.2) is 242 Å². The van der Waals surface area contributed by atoms with Gasteiger partial charge in [-0.3, -0.25) is 5.32 Å². The van der Waals surface area contributed by atoms with E-state index in [1.54, 1.807) is 0 Å². The van der Waals surface area contributed by atoms with Crippen molar-refractivity contribution in [2.75, 3.05) is 0 Å². The average molecular weight is 858 g/mol. The highest BCUT2D eigenvalue weighted by Gasteiger charge is 2.29. The summed E-state index contributed by atoms with van der Waals surface area (Å²) in [5, 5.41) is 15.2. The normalized spacial score (nSPS) is 15.9. The average Bonchev–Trinajstić information content (AvgIpc) is 4.04. The monoisotopic (exact) mass is 857 g/mol. The summed E-state index contributed by atoms with van der Waals surface area (Å²) in [7, 11) is 0. The van der Waals surface area contributed by atoms with Crippen LogP contribution in [-0.4, -0.2) is 19.7 Å². The number of hydrogen-bond donors (Lipinski definition) is 2. The van der Waals surface area contributed by atoms with Crippen molar-refractivity contribution in [1.82, 2.24) is 24.3 Å². The molecule has 4 heterocycles. The van der Waals surface area contributed by atoms with Gasteiger partial charge >= 0.3 is 0 Å². The lowest BCUT2D eigenvalue weighted by molar-refractivity contribution is 0.460. The lowest BCUT2D eigenvalue weighted by Crippen LogP contribution is -2.45. The van der Waals surface area contributed by atoms with Gasteiger partial charge in [-0.25, -0.2) is 0 Å². The topological polar surface area (TPSA) is 38.9 Å². The summed E-state index contributed by atoms with van der Waals surface area (Å²) in [6, 6.07) is 77.8. The van der Waals surface area contributed by atoms with E-state index >= 15 is 0 Å². The van der Waals surface area contributed by atoms with Crippen LogP contribution in [0.5, 0.6) is 0 Å². The predicted molar refractivity (Wildman–Crippen MR) is 279 cm³/mol. The molecule has 0 saturated heterocycles. The van der Waals surface area contributed by atoms with Crippen LogP contribution in [0.3, 0.4) is 0 Å². The van der Waals surface area contributed by atoms with Crippen LogP contribution >= 0.6 is 0 Å². The second-order valence-corrected chi connectivity index (χ2v) is 17.8. The van der Waals surface area contributed by atoms with Crippen molar-refractivity contribution < 1.29 is 0 Å². The first-order valence-corrected chi connectivity index (χ1v) is 23.2. The maximum Gasteiger partial charge on any atom is 0.104 e. The van der Waals surface area contributed by atoms with Gasteiger partial charge < -0.3 is 19.0 Å². The largest absolute Gasteiger partial charge is 0.365 e. The van der Waals surface area contributed by atoms with E-state index in [-0.39, 0.29) is 12.2 Å². The molecule has 1 aliphatic heterocycles. The van der Waals surface area contributed by atoms with Crippen LogP contribution in [0.1, 0.15) is 17.3 Å². The molecule has 3 aromatic heterocycles. The lowest BCUT2D eigenvalue weighted by atomic mass is 9.92. The smallest absolute Gasteiger partial charge is 0.104 e. The Labute approximate surface area is 387 Å². The summed E-state index contributed by atoms with van der Waals surface area (Å²) in [5.74, 6) is 0. The van der Waals surface area contributed by atoms with Crippen molar-refractivity contribution in [1.29, 1.82) is 0 Å². The summed E-state index contributed by atoms with van der Waals surface area (Å²) >= 11 is 0. The van der Waals surface area contributed by atoms with Gasteiger partial charge in [0.15, 0.2) is 0 Å². The van der Waals surface area contributed by atoms with Crippen molar-refractivity contribution in [3.05, 3.63) is 253 Å². The van der Waals surface area contributed by atoms with E-state index in [0.29, 0.717) is 0 Å². The second-order valence-electron chi connectivity index (χ2n) is 17.8. The van der Waals surface area contributed by atoms with Gasteiger partial charge in [0.25, 0.3) is 0 Å². The third-order valence-electron chi connectivity index (χ3n) is 14.1. The van der Waals surface area contributed by atoms with Gasteiger partial charge in [-0.15, -0.1) is 0 Å². The van der Waals surface area contributed by atoms with E-state index in [4.69, 9.17) is 0 Å². The van der Waals surface area contributed by atoms with E-state index < -0.39 is 0 Å². The van der Waals surface area contributed by atoms with Crippen molar-refractivity contribution in [3.8, 4) is 28.2 Å². The Kier molecular flexibility index (Phi) is 8.42. The molecule has 67 heavy (non-hydrogen) atoms. The summed E-state index contributed by atoms with van der Waals surface area (Å²) in [5.41, 5.74) is 17.7. The standard InChI is InChI=1S/C62H43N5/c1-4-16-40(17-5-1)59-51-24-10-13-25-54(51)63-62(64-59)41-28-32-46(33-29-41)67-58-37-31-43(42-30-36-57-52(38-42)48-23-12-14-26-55(48)65(57)44-18-6-2-7-19-44)39-53(58)50-35-34-49-47-22-11-15-27-56(47)66(60(49)61(50)67)45-20-8-3-9-21-45/h1-39,54,62-64H. The summed E-state index contributed by atoms with van der Waals surface area (Å²) in [6.45, 7) is 0. The Morgan fingerprint density at radius 3 is 1.51 bits per heavy atom. The predicted octanol–water partition coefficient (Wildman–Crippen LogP) is 14.7. The summed E-state index contributed by atoms with van der Waals surface area (Å²) < 4.78 is 7.35. The molecule has 5 heteroatoms. The number of nitrogens with one attached hydrogen (secondary N) is 2. The first kappa shape index (κ1) is 37.7. The van der Waals surface area contributed by atoms with E-state index in [1.807, 2.05) is 0 Å². The zero-order chi connectivity index (χ0) is 44.0. The van der Waals surface area contributed by atoms with Gasteiger partial charge in [0.1, 0.15) is 6.17 Å². The number of fused-ring (bicyclic) bond motifs is 11. The molecule has 2 unspecified atom stereocenters. The molecular formula is C62H43N5. The zero-order valence-electron chi connectivity index (χ0n) is 36.5. The van der Waals surface area contributed by atoms with Crippen LogP contribution in [0.25, 0.3) is 99.3 Å². The number of hydrogen-bond acceptors (Lipinski definition) is 2. The highest BCUT2D eigenvalue weighted by Crippen LogP contribution is 2.44. The number of nitrogens with zero attached hydrogens (tertiary/aromatic N) is 3. The Morgan fingerprint density at radius 2 is 0.851 bits per heavy atom. The summed E-state index contributed by atoms with van der Waals surface area (Å²) in [6.07, 6.45) is 8.66. The maximum atomic E-state index is 3.89. The first-order chi connectivity index (χ1) is 33.2. The highest BCUT2D eigenvalue weighted by molar-refractivity contribution is 6.24. The number of rotatable bonds is 6. The second kappa shape index (κ2) is 15.0. The molecular weight excluding hydrogens is 815 g/mol. The molecule has 0 saturated carbocycles. The molecule has 316 valence electrons. The fraction of sp³-hybridized carbons (Fsp3) is 0.0323. The molecule has 0 radical (unpaired) electrons. The molecule has 2 aliphatic rings. The van der Waals surface area contributed by atoms with Gasteiger partial charge in [0, 0.05) is 55.1 Å². The van der Waals surface area contributed by atoms with Crippen LogP contribution in [0.4, 0.5) is 0 Å². The third kappa shape index (κ3) is 5.85. The van der Waals surface area contributed by atoms with Gasteiger partial charge in [0.2, 0.25) is 0 Å². The minimum Gasteiger partial charge on any atom is -0.365 e. The van der Waals surface area contributed by atoms with Crippen LogP contribution in [0.2, 0.25) is 0 Å².